The summed E-state index contributed by atoms with van der Waals surface area (Å²) in [7, 11) is 0. The van der Waals surface area contributed by atoms with E-state index in [1.165, 1.54) is 50.6 Å². The van der Waals surface area contributed by atoms with Crippen LogP contribution >= 0.6 is 11.8 Å². The molecular weight excluding hydrogens is 596 g/mol. The molecule has 0 N–H and O–H groups in total. The molecule has 4 heteroatoms. The van der Waals surface area contributed by atoms with Crippen molar-refractivity contribution >= 4 is 11.8 Å². The normalized spacial score (nSPS) is 42.6. The van der Waals surface area contributed by atoms with Crippen LogP contribution in [-0.2, 0) is 0 Å². The summed E-state index contributed by atoms with van der Waals surface area (Å²) in [4.78, 5) is 5.80. The molecule has 0 aromatic carbocycles. The van der Waals surface area contributed by atoms with Crippen molar-refractivity contribution in [2.24, 2.45) is 46.8 Å². The lowest BCUT2D eigenvalue weighted by molar-refractivity contribution is 0.166. The van der Waals surface area contributed by atoms with E-state index in [2.05, 4.69) is 97.9 Å². The summed E-state index contributed by atoms with van der Waals surface area (Å²) in [5.41, 5.74) is 10.2. The van der Waals surface area contributed by atoms with Gasteiger partial charge in [-0.05, 0) is 141 Å². The fourth-order valence-electron chi connectivity index (χ4n) is 11.7. The van der Waals surface area contributed by atoms with Crippen molar-refractivity contribution in [2.75, 3.05) is 6.54 Å². The number of rotatable bonds is 3. The number of fused-ring (bicyclic) bond motifs is 7. The summed E-state index contributed by atoms with van der Waals surface area (Å²) in [6.07, 6.45) is 33.7. The summed E-state index contributed by atoms with van der Waals surface area (Å²) in [6, 6.07) is 0. The molecule has 0 radical (unpaired) electrons. The molecule has 9 aliphatic rings. The largest absolute Gasteiger partial charge is 0.342 e. The lowest BCUT2D eigenvalue weighted by Crippen LogP contribution is -2.44. The van der Waals surface area contributed by atoms with E-state index in [0.717, 1.165) is 61.7 Å². The van der Waals surface area contributed by atoms with Gasteiger partial charge in [0.2, 0.25) is 0 Å². The minimum Gasteiger partial charge on any atom is -0.342 e. The summed E-state index contributed by atoms with van der Waals surface area (Å²) >= 11 is 2.38. The molecule has 2 fully saturated rings. The number of allylic oxidation sites excluding steroid dienone is 11. The maximum Gasteiger partial charge on any atom is 0.130 e. The van der Waals surface area contributed by atoms with Crippen LogP contribution in [0.3, 0.4) is 0 Å². The molecule has 9 atom stereocenters. The molecular formula is C43H57FN2S. The number of nitrogens with zero attached hydrogens (tertiary/aromatic N) is 2. The Morgan fingerprint density at radius 2 is 1.77 bits per heavy atom. The monoisotopic (exact) mass is 652 g/mol. The van der Waals surface area contributed by atoms with Crippen LogP contribution in [0.2, 0.25) is 0 Å². The Morgan fingerprint density at radius 3 is 2.55 bits per heavy atom. The first-order valence-corrected chi connectivity index (χ1v) is 20.4. The van der Waals surface area contributed by atoms with Gasteiger partial charge in [0.25, 0.3) is 0 Å². The average Bonchev–Trinajstić information content (AvgIpc) is 3.73. The Kier molecular flexibility index (Phi) is 7.83. The van der Waals surface area contributed by atoms with E-state index >= 15 is 0 Å². The fourth-order valence-corrected chi connectivity index (χ4v) is 13.9. The van der Waals surface area contributed by atoms with Gasteiger partial charge in [-0.15, -0.1) is 11.8 Å². The van der Waals surface area contributed by atoms with Crippen molar-refractivity contribution in [2.45, 2.75) is 128 Å². The van der Waals surface area contributed by atoms with Gasteiger partial charge in [0, 0.05) is 34.4 Å². The molecule has 9 rings (SSSR count). The average molecular weight is 653 g/mol. The Bertz CT molecular complexity index is 1490. The van der Waals surface area contributed by atoms with Gasteiger partial charge in [-0.2, -0.15) is 0 Å². The highest BCUT2D eigenvalue weighted by Gasteiger charge is 2.58. The molecule has 1 saturated heterocycles. The Hall–Kier alpha value is -1.94. The van der Waals surface area contributed by atoms with Crippen LogP contribution in [0.25, 0.3) is 0 Å². The zero-order valence-electron chi connectivity index (χ0n) is 29.3. The van der Waals surface area contributed by atoms with Gasteiger partial charge in [-0.3, -0.25) is 0 Å². The molecule has 3 heterocycles. The van der Waals surface area contributed by atoms with E-state index in [0.29, 0.717) is 35.1 Å². The van der Waals surface area contributed by atoms with Gasteiger partial charge >= 0.3 is 0 Å². The second-order valence-corrected chi connectivity index (χ2v) is 19.2. The van der Waals surface area contributed by atoms with Gasteiger partial charge in [0.1, 0.15) is 12.3 Å². The molecule has 0 amide bonds. The minimum atomic E-state index is -0.556. The molecule has 3 aliphatic heterocycles. The van der Waals surface area contributed by atoms with Crippen molar-refractivity contribution in [1.82, 2.24) is 9.80 Å². The minimum absolute atomic E-state index is 0.211. The summed E-state index contributed by atoms with van der Waals surface area (Å²) in [5, 5.41) is 1.34. The summed E-state index contributed by atoms with van der Waals surface area (Å²) in [6.45, 7) is 11.0. The number of hydrogen-bond acceptors (Lipinski definition) is 3. The molecule has 252 valence electrons. The first kappa shape index (κ1) is 31.1. The molecule has 47 heavy (non-hydrogen) atoms. The van der Waals surface area contributed by atoms with Crippen LogP contribution in [0.4, 0.5) is 4.39 Å². The molecule has 0 aromatic heterocycles. The lowest BCUT2D eigenvalue weighted by Gasteiger charge is -2.45. The van der Waals surface area contributed by atoms with Crippen molar-refractivity contribution < 1.29 is 4.39 Å². The number of hydrogen-bond donors (Lipinski definition) is 0. The van der Waals surface area contributed by atoms with Gasteiger partial charge in [0.05, 0.1) is 5.70 Å². The highest BCUT2D eigenvalue weighted by atomic mass is 32.2. The van der Waals surface area contributed by atoms with Crippen molar-refractivity contribution in [3.05, 3.63) is 82.4 Å². The number of alkyl halides is 1. The maximum atomic E-state index is 14.0. The second kappa shape index (κ2) is 11.8. The third-order valence-corrected chi connectivity index (χ3v) is 15.9. The van der Waals surface area contributed by atoms with Crippen LogP contribution < -0.4 is 0 Å². The topological polar surface area (TPSA) is 6.48 Å². The fraction of sp³-hybridized carbons (Fsp3) is 0.674. The first-order chi connectivity index (χ1) is 22.8. The number of halogens is 1. The third kappa shape index (κ3) is 5.15. The van der Waals surface area contributed by atoms with E-state index in [1.807, 2.05) is 5.57 Å². The van der Waals surface area contributed by atoms with Crippen LogP contribution in [0.5, 0.6) is 0 Å². The van der Waals surface area contributed by atoms with Gasteiger partial charge in [-0.25, -0.2) is 4.39 Å². The maximum absolute atomic E-state index is 14.0. The summed E-state index contributed by atoms with van der Waals surface area (Å²) in [5.74, 6) is 4.84. The molecule has 9 unspecified atom stereocenters. The SMILES string of the molecule is CC1CC2=C(C3SC4CC(C5CCC(F)CC5)C=CC4C13)C1N(C2)C2=C(CCC=C2)N1C1=CC=C(C(C)(C)C)CC1C1CC=CCC1. The molecule has 0 aromatic rings. The van der Waals surface area contributed by atoms with Crippen LogP contribution in [0, 0.1) is 46.8 Å². The lowest BCUT2D eigenvalue weighted by atomic mass is 9.66. The third-order valence-electron chi connectivity index (χ3n) is 14.2. The van der Waals surface area contributed by atoms with Gasteiger partial charge in [-0.1, -0.05) is 69.7 Å². The predicted octanol–water partition coefficient (Wildman–Crippen LogP) is 10.9. The van der Waals surface area contributed by atoms with Crippen molar-refractivity contribution in [3.8, 4) is 0 Å². The predicted molar refractivity (Wildman–Crippen MR) is 195 cm³/mol. The van der Waals surface area contributed by atoms with Crippen LogP contribution in [0.15, 0.2) is 82.4 Å². The van der Waals surface area contributed by atoms with Gasteiger partial charge in [0.15, 0.2) is 0 Å². The van der Waals surface area contributed by atoms with Crippen LogP contribution in [0.1, 0.15) is 105 Å². The smallest absolute Gasteiger partial charge is 0.130 e. The van der Waals surface area contributed by atoms with E-state index in [9.17, 15) is 4.39 Å². The molecule has 2 nitrogen and oxygen atoms in total. The zero-order chi connectivity index (χ0) is 32.0. The van der Waals surface area contributed by atoms with Gasteiger partial charge < -0.3 is 9.80 Å². The number of thioether (sulfide) groups is 1. The van der Waals surface area contributed by atoms with E-state index in [1.54, 1.807) is 22.5 Å². The van der Waals surface area contributed by atoms with Crippen LogP contribution in [-0.4, -0.2) is 39.2 Å². The Morgan fingerprint density at radius 1 is 0.915 bits per heavy atom. The van der Waals surface area contributed by atoms with Crippen molar-refractivity contribution in [3.63, 3.8) is 0 Å². The molecule has 0 spiro atoms. The Labute approximate surface area is 288 Å². The summed E-state index contributed by atoms with van der Waals surface area (Å²) < 4.78 is 14.0. The van der Waals surface area contributed by atoms with E-state index in [-0.39, 0.29) is 5.41 Å². The quantitative estimate of drug-likeness (QED) is 0.280. The van der Waals surface area contributed by atoms with E-state index < -0.39 is 6.17 Å². The Balaban J connectivity index is 1.07. The second-order valence-electron chi connectivity index (χ2n) is 17.8. The zero-order valence-corrected chi connectivity index (χ0v) is 30.2. The highest BCUT2D eigenvalue weighted by molar-refractivity contribution is 8.01. The highest BCUT2D eigenvalue weighted by Crippen LogP contribution is 2.62. The standard InChI is InChI=1S/C43H57FN2S/c1-26-22-30-25-45-36-12-8-9-13-37(36)46(35-21-17-31(43(2,3)4)24-34(35)28-10-6-5-7-11-28)42(45)40(30)41-39(26)33-20-16-29(23-38(33)47-41)27-14-18-32(44)19-15-27/h5-6,8,12,16-17,20-21,26-29,32-34,38-39,41-42H,7,9-11,13-15,18-19,22-25H2,1-4H3. The molecule has 1 saturated carbocycles. The van der Waals surface area contributed by atoms with Crippen molar-refractivity contribution in [1.29, 1.82) is 0 Å². The van der Waals surface area contributed by atoms with E-state index in [4.69, 9.17) is 0 Å². The molecule has 0 bridgehead atoms. The first-order valence-electron chi connectivity index (χ1n) is 19.5. The molecule has 6 aliphatic carbocycles.